The molecule has 2 N–H and O–H groups in total. The topological polar surface area (TPSA) is 105 Å². The zero-order valence-corrected chi connectivity index (χ0v) is 22.9. The summed E-state index contributed by atoms with van der Waals surface area (Å²) in [6.45, 7) is 2.14. The summed E-state index contributed by atoms with van der Waals surface area (Å²) in [4.78, 5) is 40.7. The number of nitrogens with zero attached hydrogens (tertiary/aromatic N) is 1. The molecule has 3 aliphatic rings. The first-order valence-electron chi connectivity index (χ1n) is 14.2. The highest BCUT2D eigenvalue weighted by atomic mass is 16.5. The lowest BCUT2D eigenvalue weighted by atomic mass is 9.89. The fourth-order valence-electron chi connectivity index (χ4n) is 6.80. The van der Waals surface area contributed by atoms with E-state index in [2.05, 4.69) is 29.6 Å². The molecule has 0 spiro atoms. The summed E-state index contributed by atoms with van der Waals surface area (Å²) in [5.74, 6) is -1.91. The van der Waals surface area contributed by atoms with Crippen LogP contribution in [0, 0.1) is 5.92 Å². The summed E-state index contributed by atoms with van der Waals surface area (Å²) >= 11 is 0. The molecule has 2 aliphatic heterocycles. The van der Waals surface area contributed by atoms with Crippen molar-refractivity contribution in [1.29, 1.82) is 0 Å². The van der Waals surface area contributed by atoms with Crippen molar-refractivity contribution in [3.63, 3.8) is 0 Å². The van der Waals surface area contributed by atoms with Crippen molar-refractivity contribution in [3.8, 4) is 11.1 Å². The molecular weight excluding hydrogens is 520 g/mol. The lowest BCUT2D eigenvalue weighted by molar-refractivity contribution is -0.144. The summed E-state index contributed by atoms with van der Waals surface area (Å²) < 4.78 is 11.8. The van der Waals surface area contributed by atoms with Gasteiger partial charge in [0.15, 0.2) is 0 Å². The molecule has 2 bridgehead atoms. The van der Waals surface area contributed by atoms with Gasteiger partial charge in [-0.1, -0.05) is 78.9 Å². The van der Waals surface area contributed by atoms with E-state index in [9.17, 15) is 19.5 Å². The number of carboxylic acid groups (broad SMARTS) is 1. The molecule has 0 saturated carbocycles. The molecule has 6 rings (SSSR count). The second-order valence-electron chi connectivity index (χ2n) is 11.2. The van der Waals surface area contributed by atoms with Gasteiger partial charge in [0.1, 0.15) is 12.6 Å². The second-order valence-corrected chi connectivity index (χ2v) is 11.2. The zero-order chi connectivity index (χ0) is 28.5. The Kier molecular flexibility index (Phi) is 7.49. The molecule has 8 heteroatoms. The Hall–Kier alpha value is -4.17. The van der Waals surface area contributed by atoms with Gasteiger partial charge < -0.3 is 24.8 Å². The maximum absolute atomic E-state index is 13.9. The van der Waals surface area contributed by atoms with Gasteiger partial charge in [-0.2, -0.15) is 0 Å². The van der Waals surface area contributed by atoms with E-state index in [0.29, 0.717) is 12.8 Å². The fourth-order valence-corrected chi connectivity index (χ4v) is 6.80. The third-order valence-corrected chi connectivity index (χ3v) is 8.82. The summed E-state index contributed by atoms with van der Waals surface area (Å²) in [5.41, 5.74) is 5.40. The summed E-state index contributed by atoms with van der Waals surface area (Å²) in [7, 11) is 0. The summed E-state index contributed by atoms with van der Waals surface area (Å²) in [5, 5.41) is 12.5. The van der Waals surface area contributed by atoms with Crippen molar-refractivity contribution in [2.75, 3.05) is 6.61 Å². The van der Waals surface area contributed by atoms with Gasteiger partial charge in [0, 0.05) is 18.0 Å². The minimum absolute atomic E-state index is 0.111. The Morgan fingerprint density at radius 1 is 0.927 bits per heavy atom. The number of nitrogens with one attached hydrogen (secondary N) is 1. The molecule has 212 valence electrons. The Balaban J connectivity index is 1.18. The predicted molar refractivity (Wildman–Crippen MR) is 152 cm³/mol. The van der Waals surface area contributed by atoms with Crippen LogP contribution in [0.3, 0.4) is 0 Å². The first-order valence-corrected chi connectivity index (χ1v) is 14.2. The fraction of sp³-hybridized carbons (Fsp3) is 0.364. The van der Waals surface area contributed by atoms with Crippen LogP contribution in [-0.2, 0) is 25.7 Å². The molecule has 0 aromatic heterocycles. The van der Waals surface area contributed by atoms with Gasteiger partial charge >= 0.3 is 12.1 Å². The highest BCUT2D eigenvalue weighted by Crippen LogP contribution is 2.45. The number of fused-ring (bicyclic) bond motifs is 5. The monoisotopic (exact) mass is 554 g/mol. The number of rotatable bonds is 9. The molecule has 3 aromatic rings. The molecule has 8 nitrogen and oxygen atoms in total. The van der Waals surface area contributed by atoms with Crippen LogP contribution in [0.1, 0.15) is 48.8 Å². The van der Waals surface area contributed by atoms with Crippen LogP contribution in [0.25, 0.3) is 11.1 Å². The van der Waals surface area contributed by atoms with Crippen molar-refractivity contribution in [2.24, 2.45) is 5.92 Å². The quantitative estimate of drug-likeness (QED) is 0.387. The van der Waals surface area contributed by atoms with Crippen molar-refractivity contribution in [1.82, 2.24) is 10.2 Å². The van der Waals surface area contributed by atoms with E-state index in [4.69, 9.17) is 9.47 Å². The SMILES string of the molecule is CC(OCc1ccccc1)C(NC(=O)OCC1c2ccccc2-c2ccccc21)C(=O)N1[C@@H]2CC[C@H]1[C@@H](C(=O)O)C2. The first-order chi connectivity index (χ1) is 19.9. The smallest absolute Gasteiger partial charge is 0.407 e. The number of ether oxygens (including phenoxy) is 2. The molecule has 41 heavy (non-hydrogen) atoms. The molecule has 2 saturated heterocycles. The number of alkyl carbamates (subject to hydrolysis) is 1. The molecule has 2 amide bonds. The molecule has 2 fully saturated rings. The van der Waals surface area contributed by atoms with Crippen LogP contribution in [0.5, 0.6) is 0 Å². The van der Waals surface area contributed by atoms with Gasteiger partial charge in [-0.15, -0.1) is 0 Å². The van der Waals surface area contributed by atoms with Crippen LogP contribution >= 0.6 is 0 Å². The predicted octanol–water partition coefficient (Wildman–Crippen LogP) is 4.96. The molecule has 5 atom stereocenters. The standard InChI is InChI=1S/C33H34N2O6/c1-20(40-18-21-9-3-2-4-10-21)30(31(36)35-22-15-16-29(35)27(17-22)32(37)38)34-33(39)41-19-28-25-13-7-5-11-23(25)24-12-6-8-14-26(24)28/h2-14,20,22,27-30H,15-19H2,1H3,(H,34,39)(H,37,38)/t20?,22-,27+,29+,30?/m1/s1. The third kappa shape index (κ3) is 5.20. The Bertz CT molecular complexity index is 1400. The molecule has 2 heterocycles. The molecule has 1 aliphatic carbocycles. The molecule has 3 aromatic carbocycles. The van der Waals surface area contributed by atoms with E-state index in [1.807, 2.05) is 54.6 Å². The average Bonchev–Trinajstić information content (AvgIpc) is 3.67. The van der Waals surface area contributed by atoms with Gasteiger partial charge in [0.2, 0.25) is 5.91 Å². The van der Waals surface area contributed by atoms with Crippen LogP contribution in [0.2, 0.25) is 0 Å². The van der Waals surface area contributed by atoms with Gasteiger partial charge in [0.25, 0.3) is 0 Å². The minimum atomic E-state index is -1.02. The second kappa shape index (κ2) is 11.4. The van der Waals surface area contributed by atoms with Crippen LogP contribution < -0.4 is 5.32 Å². The van der Waals surface area contributed by atoms with E-state index in [0.717, 1.165) is 34.2 Å². The summed E-state index contributed by atoms with van der Waals surface area (Å²) in [6.07, 6.45) is 0.456. The lowest BCUT2D eigenvalue weighted by Gasteiger charge is -2.31. The van der Waals surface area contributed by atoms with Crippen molar-refractivity contribution < 1.29 is 29.0 Å². The normalized spacial score (nSPS) is 22.1. The summed E-state index contributed by atoms with van der Waals surface area (Å²) in [6, 6.07) is 24.3. The number of amides is 2. The van der Waals surface area contributed by atoms with Crippen LogP contribution in [0.15, 0.2) is 78.9 Å². The van der Waals surface area contributed by atoms with Crippen LogP contribution in [-0.4, -0.2) is 58.8 Å². The number of aliphatic carboxylic acids is 1. The molecular formula is C33H34N2O6. The zero-order valence-electron chi connectivity index (χ0n) is 22.9. The Morgan fingerprint density at radius 2 is 1.56 bits per heavy atom. The van der Waals surface area contributed by atoms with Gasteiger partial charge in [0.05, 0.1) is 18.6 Å². The van der Waals surface area contributed by atoms with Gasteiger partial charge in [-0.25, -0.2) is 4.79 Å². The van der Waals surface area contributed by atoms with Crippen molar-refractivity contribution in [2.45, 2.75) is 62.9 Å². The number of carbonyl (C=O) groups is 3. The molecule has 0 radical (unpaired) electrons. The number of carbonyl (C=O) groups excluding carboxylic acids is 2. The average molecular weight is 555 g/mol. The van der Waals surface area contributed by atoms with Gasteiger partial charge in [-0.05, 0) is 54.0 Å². The van der Waals surface area contributed by atoms with Gasteiger partial charge in [-0.3, -0.25) is 9.59 Å². The highest BCUT2D eigenvalue weighted by Gasteiger charge is 2.53. The number of hydrogen-bond acceptors (Lipinski definition) is 5. The number of carboxylic acids is 1. The van der Waals surface area contributed by atoms with E-state index in [1.165, 1.54) is 0 Å². The first kappa shape index (κ1) is 27.0. The largest absolute Gasteiger partial charge is 0.481 e. The van der Waals surface area contributed by atoms with E-state index in [-0.39, 0.29) is 37.1 Å². The Labute approximate surface area is 239 Å². The third-order valence-electron chi connectivity index (χ3n) is 8.82. The molecule has 2 unspecified atom stereocenters. The maximum Gasteiger partial charge on any atom is 0.407 e. The van der Waals surface area contributed by atoms with E-state index in [1.54, 1.807) is 11.8 Å². The maximum atomic E-state index is 13.9. The number of hydrogen-bond donors (Lipinski definition) is 2. The highest BCUT2D eigenvalue weighted by molar-refractivity contribution is 5.88. The van der Waals surface area contributed by atoms with E-state index < -0.39 is 30.1 Å². The lowest BCUT2D eigenvalue weighted by Crippen LogP contribution is -2.56. The van der Waals surface area contributed by atoms with E-state index >= 15 is 0 Å². The number of benzene rings is 3. The Morgan fingerprint density at radius 3 is 2.20 bits per heavy atom. The van der Waals surface area contributed by atoms with Crippen molar-refractivity contribution >= 4 is 18.0 Å². The van der Waals surface area contributed by atoms with Crippen LogP contribution in [0.4, 0.5) is 4.79 Å². The minimum Gasteiger partial charge on any atom is -0.481 e. The van der Waals surface area contributed by atoms with Crippen molar-refractivity contribution in [3.05, 3.63) is 95.6 Å².